The summed E-state index contributed by atoms with van der Waals surface area (Å²) in [6.45, 7) is 2.30. The van der Waals surface area contributed by atoms with Gasteiger partial charge in [-0.3, -0.25) is 4.79 Å². The van der Waals surface area contributed by atoms with Gasteiger partial charge in [-0.1, -0.05) is 12.1 Å². The maximum absolute atomic E-state index is 11.9. The first-order chi connectivity index (χ1) is 12.6. The van der Waals surface area contributed by atoms with Crippen molar-refractivity contribution in [2.75, 3.05) is 13.7 Å². The third-order valence-corrected chi connectivity index (χ3v) is 3.81. The van der Waals surface area contributed by atoms with Crippen molar-refractivity contribution in [3.63, 3.8) is 0 Å². The smallest absolute Gasteiger partial charge is 0.258 e. The molecule has 1 amide bonds. The Balaban J connectivity index is 1.50. The summed E-state index contributed by atoms with van der Waals surface area (Å²) in [5.74, 6) is 1.29. The lowest BCUT2D eigenvalue weighted by atomic mass is 10.2. The van der Waals surface area contributed by atoms with Crippen LogP contribution >= 0.6 is 0 Å². The molecule has 0 saturated heterocycles. The van der Waals surface area contributed by atoms with Gasteiger partial charge >= 0.3 is 0 Å². The van der Waals surface area contributed by atoms with Gasteiger partial charge in [0.2, 0.25) is 0 Å². The molecule has 0 radical (unpaired) electrons. The molecule has 0 aliphatic rings. The lowest BCUT2D eigenvalue weighted by molar-refractivity contribution is -0.123. The maximum Gasteiger partial charge on any atom is 0.258 e. The minimum absolute atomic E-state index is 0.0252. The minimum atomic E-state index is -0.189. The number of benzene rings is 2. The standard InChI is InChI=1S/C20H21N3O3/c1-15-4-3-5-19(12-15)26-14-20(24)21-13-16-10-11-23(22-16)17-6-8-18(25-2)9-7-17/h3-12H,13-14H2,1-2H3,(H,21,24). The number of ether oxygens (including phenoxy) is 2. The Bertz CT molecular complexity index is 872. The summed E-state index contributed by atoms with van der Waals surface area (Å²) in [6.07, 6.45) is 1.85. The molecule has 1 aromatic heterocycles. The van der Waals surface area contributed by atoms with Gasteiger partial charge in [-0.2, -0.15) is 5.10 Å². The molecular formula is C20H21N3O3. The highest BCUT2D eigenvalue weighted by Crippen LogP contribution is 2.14. The molecular weight excluding hydrogens is 330 g/mol. The molecule has 134 valence electrons. The average Bonchev–Trinajstić information content (AvgIpc) is 3.14. The number of rotatable bonds is 7. The van der Waals surface area contributed by atoms with Crippen LogP contribution in [0.25, 0.3) is 5.69 Å². The fourth-order valence-electron chi connectivity index (χ4n) is 2.43. The first kappa shape index (κ1) is 17.5. The highest BCUT2D eigenvalue weighted by Gasteiger charge is 2.06. The van der Waals surface area contributed by atoms with Crippen LogP contribution in [0.5, 0.6) is 11.5 Å². The summed E-state index contributed by atoms with van der Waals surface area (Å²) in [5.41, 5.74) is 2.78. The monoisotopic (exact) mass is 351 g/mol. The van der Waals surface area contributed by atoms with E-state index in [1.807, 2.05) is 67.7 Å². The maximum atomic E-state index is 11.9. The van der Waals surface area contributed by atoms with E-state index in [-0.39, 0.29) is 12.5 Å². The number of hydrogen-bond donors (Lipinski definition) is 1. The van der Waals surface area contributed by atoms with Gasteiger partial charge in [0.15, 0.2) is 6.61 Å². The van der Waals surface area contributed by atoms with Gasteiger partial charge in [0, 0.05) is 6.20 Å². The number of nitrogens with zero attached hydrogens (tertiary/aromatic N) is 2. The molecule has 0 aliphatic heterocycles. The fraction of sp³-hybridized carbons (Fsp3) is 0.200. The predicted molar refractivity (Wildman–Crippen MR) is 98.6 cm³/mol. The summed E-state index contributed by atoms with van der Waals surface area (Å²) in [6, 6.07) is 17.1. The number of aromatic nitrogens is 2. The summed E-state index contributed by atoms with van der Waals surface area (Å²) < 4.78 is 12.4. The van der Waals surface area contributed by atoms with Gasteiger partial charge in [0.1, 0.15) is 11.5 Å². The van der Waals surface area contributed by atoms with E-state index in [4.69, 9.17) is 9.47 Å². The number of carbonyl (C=O) groups excluding carboxylic acids is 1. The lowest BCUT2D eigenvalue weighted by Crippen LogP contribution is -2.28. The van der Waals surface area contributed by atoms with Gasteiger partial charge in [0.05, 0.1) is 25.0 Å². The van der Waals surface area contributed by atoms with Crippen molar-refractivity contribution < 1.29 is 14.3 Å². The molecule has 6 nitrogen and oxygen atoms in total. The van der Waals surface area contributed by atoms with Crippen LogP contribution in [0.15, 0.2) is 60.8 Å². The number of methoxy groups -OCH3 is 1. The van der Waals surface area contributed by atoms with E-state index in [2.05, 4.69) is 10.4 Å². The number of nitrogens with one attached hydrogen (secondary N) is 1. The van der Waals surface area contributed by atoms with Gasteiger partial charge in [-0.05, 0) is 55.0 Å². The topological polar surface area (TPSA) is 65.4 Å². The van der Waals surface area contributed by atoms with Gasteiger partial charge in [-0.15, -0.1) is 0 Å². The Labute approximate surface area is 152 Å². The first-order valence-electron chi connectivity index (χ1n) is 8.29. The van der Waals surface area contributed by atoms with Crippen LogP contribution < -0.4 is 14.8 Å². The molecule has 0 atom stereocenters. The van der Waals surface area contributed by atoms with Crippen molar-refractivity contribution in [3.05, 3.63) is 72.1 Å². The van der Waals surface area contributed by atoms with Crippen molar-refractivity contribution in [1.29, 1.82) is 0 Å². The van der Waals surface area contributed by atoms with E-state index in [9.17, 15) is 4.79 Å². The summed E-state index contributed by atoms with van der Waals surface area (Å²) >= 11 is 0. The molecule has 0 spiro atoms. The van der Waals surface area contributed by atoms with Crippen molar-refractivity contribution >= 4 is 5.91 Å². The summed E-state index contributed by atoms with van der Waals surface area (Å²) in [7, 11) is 1.63. The Morgan fingerprint density at radius 1 is 1.12 bits per heavy atom. The molecule has 0 bridgehead atoms. The van der Waals surface area contributed by atoms with E-state index in [0.29, 0.717) is 12.3 Å². The lowest BCUT2D eigenvalue weighted by Gasteiger charge is -2.07. The molecule has 26 heavy (non-hydrogen) atoms. The van der Waals surface area contributed by atoms with Crippen molar-refractivity contribution in [3.8, 4) is 17.2 Å². The zero-order valence-electron chi connectivity index (χ0n) is 14.8. The van der Waals surface area contributed by atoms with Gasteiger partial charge in [-0.25, -0.2) is 4.68 Å². The SMILES string of the molecule is COc1ccc(-n2ccc(CNC(=O)COc3cccc(C)c3)n2)cc1. The second-order valence-electron chi connectivity index (χ2n) is 5.83. The molecule has 0 fully saturated rings. The van der Waals surface area contributed by atoms with Crippen LogP contribution in [0.1, 0.15) is 11.3 Å². The van der Waals surface area contributed by atoms with Gasteiger partial charge in [0.25, 0.3) is 5.91 Å². The molecule has 0 saturated carbocycles. The zero-order valence-corrected chi connectivity index (χ0v) is 14.8. The predicted octanol–water partition coefficient (Wildman–Crippen LogP) is 2.88. The van der Waals surface area contributed by atoms with Crippen LogP contribution in [0.4, 0.5) is 0 Å². The molecule has 3 aromatic rings. The number of hydrogen-bond acceptors (Lipinski definition) is 4. The van der Waals surface area contributed by atoms with Crippen molar-refractivity contribution in [1.82, 2.24) is 15.1 Å². The fourth-order valence-corrected chi connectivity index (χ4v) is 2.43. The van der Waals surface area contributed by atoms with Crippen LogP contribution in [0.2, 0.25) is 0 Å². The molecule has 6 heteroatoms. The van der Waals surface area contributed by atoms with E-state index in [1.165, 1.54) is 0 Å². The largest absolute Gasteiger partial charge is 0.497 e. The highest BCUT2D eigenvalue weighted by atomic mass is 16.5. The normalized spacial score (nSPS) is 10.4. The van der Waals surface area contributed by atoms with E-state index in [1.54, 1.807) is 11.8 Å². The number of aryl methyl sites for hydroxylation is 1. The van der Waals surface area contributed by atoms with Crippen molar-refractivity contribution in [2.45, 2.75) is 13.5 Å². The van der Waals surface area contributed by atoms with Crippen LogP contribution in [-0.4, -0.2) is 29.4 Å². The minimum Gasteiger partial charge on any atom is -0.497 e. The third-order valence-electron chi connectivity index (χ3n) is 3.81. The molecule has 2 aromatic carbocycles. The zero-order chi connectivity index (χ0) is 18.4. The number of carbonyl (C=O) groups is 1. The second kappa shape index (κ2) is 8.20. The molecule has 1 N–H and O–H groups in total. The Morgan fingerprint density at radius 3 is 2.65 bits per heavy atom. The number of amides is 1. The molecule has 3 rings (SSSR count). The molecule has 0 aliphatic carbocycles. The van der Waals surface area contributed by atoms with Gasteiger partial charge < -0.3 is 14.8 Å². The second-order valence-corrected chi connectivity index (χ2v) is 5.83. The Kier molecular flexibility index (Phi) is 5.53. The van der Waals surface area contributed by atoms with Crippen LogP contribution in [-0.2, 0) is 11.3 Å². The molecule has 1 heterocycles. The Morgan fingerprint density at radius 2 is 1.92 bits per heavy atom. The quantitative estimate of drug-likeness (QED) is 0.711. The van der Waals surface area contributed by atoms with Crippen LogP contribution in [0.3, 0.4) is 0 Å². The van der Waals surface area contributed by atoms with E-state index in [0.717, 1.165) is 22.7 Å². The van der Waals surface area contributed by atoms with E-state index >= 15 is 0 Å². The van der Waals surface area contributed by atoms with Crippen LogP contribution in [0, 0.1) is 6.92 Å². The van der Waals surface area contributed by atoms with Crippen molar-refractivity contribution in [2.24, 2.45) is 0 Å². The summed E-state index contributed by atoms with van der Waals surface area (Å²) in [5, 5.41) is 7.27. The first-order valence-corrected chi connectivity index (χ1v) is 8.29. The highest BCUT2D eigenvalue weighted by molar-refractivity contribution is 5.77. The third kappa shape index (κ3) is 4.63. The Hall–Kier alpha value is -3.28. The summed E-state index contributed by atoms with van der Waals surface area (Å²) in [4.78, 5) is 11.9. The molecule has 0 unspecified atom stereocenters. The average molecular weight is 351 g/mol. The van der Waals surface area contributed by atoms with E-state index < -0.39 is 0 Å².